The average Bonchev–Trinajstić information content (AvgIpc) is 2.64. The molecule has 136 valence electrons. The van der Waals surface area contributed by atoms with Crippen molar-refractivity contribution in [2.45, 2.75) is 0 Å². The lowest BCUT2D eigenvalue weighted by molar-refractivity contribution is -0.899. The van der Waals surface area contributed by atoms with Crippen molar-refractivity contribution in [2.75, 3.05) is 38.2 Å². The number of benzene rings is 2. The second-order valence-corrected chi connectivity index (χ2v) is 7.41. The number of ketones is 1. The Morgan fingerprint density at radius 2 is 1.85 bits per heavy atom. The highest BCUT2D eigenvalue weighted by atomic mass is 79.9. The number of halogens is 2. The summed E-state index contributed by atoms with van der Waals surface area (Å²) in [6, 6.07) is 12.1. The molecule has 7 heteroatoms. The Balaban J connectivity index is 1.80. The minimum absolute atomic E-state index is 0.127. The molecule has 5 nitrogen and oxygen atoms in total. The smallest absolute Gasteiger partial charge is 0.279 e. The number of ether oxygens (including phenoxy) is 1. The highest BCUT2D eigenvalue weighted by Crippen LogP contribution is 2.26. The van der Waals surface area contributed by atoms with Crippen LogP contribution in [0.25, 0.3) is 0 Å². The molecule has 1 aliphatic heterocycles. The summed E-state index contributed by atoms with van der Waals surface area (Å²) in [5.41, 5.74) is 1.29. The summed E-state index contributed by atoms with van der Waals surface area (Å²) in [7, 11) is 0. The quantitative estimate of drug-likeness (QED) is 0.704. The van der Waals surface area contributed by atoms with Crippen molar-refractivity contribution < 1.29 is 19.2 Å². The van der Waals surface area contributed by atoms with Crippen LogP contribution >= 0.6 is 27.5 Å². The molecule has 0 spiro atoms. The normalized spacial score (nSPS) is 14.8. The Bertz CT molecular complexity index is 822. The summed E-state index contributed by atoms with van der Waals surface area (Å²) in [5.74, 6) is -0.358. The Morgan fingerprint density at radius 1 is 1.12 bits per heavy atom. The third kappa shape index (κ3) is 4.71. The van der Waals surface area contributed by atoms with Gasteiger partial charge in [0.25, 0.3) is 5.91 Å². The Labute approximate surface area is 165 Å². The van der Waals surface area contributed by atoms with E-state index in [4.69, 9.17) is 16.3 Å². The highest BCUT2D eigenvalue weighted by molar-refractivity contribution is 9.10. The number of carbonyl (C=O) groups is 2. The molecule has 0 aromatic heterocycles. The maximum Gasteiger partial charge on any atom is 0.279 e. The van der Waals surface area contributed by atoms with Crippen molar-refractivity contribution in [3.8, 4) is 0 Å². The third-order valence-electron chi connectivity index (χ3n) is 4.23. The maximum absolute atomic E-state index is 12.9. The molecule has 26 heavy (non-hydrogen) atoms. The second kappa shape index (κ2) is 8.77. The number of hydrogen-bond donors (Lipinski definition) is 2. The van der Waals surface area contributed by atoms with Gasteiger partial charge in [0.1, 0.15) is 13.1 Å². The number of nitrogens with one attached hydrogen (secondary N) is 2. The van der Waals surface area contributed by atoms with Crippen molar-refractivity contribution in [2.24, 2.45) is 0 Å². The Hall–Kier alpha value is -1.73. The van der Waals surface area contributed by atoms with Crippen molar-refractivity contribution >= 4 is 44.9 Å². The van der Waals surface area contributed by atoms with Crippen LogP contribution in [0.5, 0.6) is 0 Å². The van der Waals surface area contributed by atoms with Gasteiger partial charge in [0, 0.05) is 15.6 Å². The summed E-state index contributed by atoms with van der Waals surface area (Å²) in [5, 5.41) is 3.25. The Morgan fingerprint density at radius 3 is 2.58 bits per heavy atom. The zero-order valence-corrected chi connectivity index (χ0v) is 16.4. The van der Waals surface area contributed by atoms with Gasteiger partial charge in [-0.25, -0.2) is 0 Å². The van der Waals surface area contributed by atoms with Crippen LogP contribution < -0.4 is 10.2 Å². The molecule has 1 saturated heterocycles. The fourth-order valence-corrected chi connectivity index (χ4v) is 3.44. The summed E-state index contributed by atoms with van der Waals surface area (Å²) < 4.78 is 6.06. The Kier molecular flexibility index (Phi) is 6.43. The molecule has 3 rings (SSSR count). The number of amides is 1. The van der Waals surface area contributed by atoms with Crippen LogP contribution in [-0.4, -0.2) is 44.5 Å². The molecule has 1 amide bonds. The van der Waals surface area contributed by atoms with Crippen molar-refractivity contribution in [3.63, 3.8) is 0 Å². The lowest BCUT2D eigenvalue weighted by atomic mass is 10.0. The predicted octanol–water partition coefficient (Wildman–Crippen LogP) is 2.19. The van der Waals surface area contributed by atoms with Crippen LogP contribution in [-0.2, 0) is 9.53 Å². The molecule has 1 aliphatic rings. The molecule has 2 aromatic carbocycles. The number of anilines is 1. The monoisotopic (exact) mass is 437 g/mol. The van der Waals surface area contributed by atoms with E-state index in [1.165, 1.54) is 4.90 Å². The number of quaternary nitrogens is 1. The average molecular weight is 439 g/mol. The molecule has 1 fully saturated rings. The van der Waals surface area contributed by atoms with E-state index in [1.807, 2.05) is 0 Å². The van der Waals surface area contributed by atoms with E-state index in [0.29, 0.717) is 41.6 Å². The summed E-state index contributed by atoms with van der Waals surface area (Å²) in [6.07, 6.45) is 0. The second-order valence-electron chi connectivity index (χ2n) is 6.09. The van der Waals surface area contributed by atoms with Crippen LogP contribution in [0, 0.1) is 0 Å². The minimum Gasteiger partial charge on any atom is -0.370 e. The fraction of sp³-hybridized carbons (Fsp3) is 0.263. The van der Waals surface area contributed by atoms with Gasteiger partial charge < -0.3 is 15.0 Å². The van der Waals surface area contributed by atoms with Crippen LogP contribution in [0.3, 0.4) is 0 Å². The number of morpholine rings is 1. The van der Waals surface area contributed by atoms with Crippen LogP contribution in [0.2, 0.25) is 5.02 Å². The topological polar surface area (TPSA) is 59.8 Å². The largest absolute Gasteiger partial charge is 0.370 e. The van der Waals surface area contributed by atoms with Gasteiger partial charge in [-0.2, -0.15) is 0 Å². The molecule has 2 aromatic rings. The van der Waals surface area contributed by atoms with E-state index in [0.717, 1.165) is 17.6 Å². The SMILES string of the molecule is O=C(C[NH+]1CCOCC1)Nc1ccc(Br)cc1C(=O)c1ccccc1Cl. The van der Waals surface area contributed by atoms with Gasteiger partial charge in [-0.15, -0.1) is 0 Å². The minimum atomic E-state index is -0.231. The van der Waals surface area contributed by atoms with Crippen molar-refractivity contribution in [1.29, 1.82) is 0 Å². The molecule has 0 radical (unpaired) electrons. The van der Waals surface area contributed by atoms with E-state index >= 15 is 0 Å². The summed E-state index contributed by atoms with van der Waals surface area (Å²) >= 11 is 9.55. The lowest BCUT2D eigenvalue weighted by Gasteiger charge is -2.23. The van der Waals surface area contributed by atoms with Crippen molar-refractivity contribution in [1.82, 2.24) is 0 Å². The standard InChI is InChI=1S/C19H18BrClN2O3/c20-13-5-6-17(22-18(24)12-23-7-9-26-10-8-23)15(11-13)19(25)14-3-1-2-4-16(14)21/h1-6,11H,7-10,12H2,(H,22,24)/p+1. The first-order valence-electron chi connectivity index (χ1n) is 8.34. The van der Waals surface area contributed by atoms with Gasteiger partial charge in [0.05, 0.1) is 23.9 Å². The van der Waals surface area contributed by atoms with Gasteiger partial charge >= 0.3 is 0 Å². The molecule has 1 heterocycles. The van der Waals surface area contributed by atoms with Crippen LogP contribution in [0.4, 0.5) is 5.69 Å². The molecule has 0 unspecified atom stereocenters. The first kappa shape index (κ1) is 19.0. The highest BCUT2D eigenvalue weighted by Gasteiger charge is 2.21. The first-order valence-corrected chi connectivity index (χ1v) is 9.51. The molecule has 0 aliphatic carbocycles. The predicted molar refractivity (Wildman–Crippen MR) is 104 cm³/mol. The summed E-state index contributed by atoms with van der Waals surface area (Å²) in [6.45, 7) is 3.28. The van der Waals surface area contributed by atoms with Gasteiger partial charge in [-0.05, 0) is 30.3 Å². The van der Waals surface area contributed by atoms with E-state index in [-0.39, 0.29) is 11.7 Å². The molecule has 2 N–H and O–H groups in total. The zero-order chi connectivity index (χ0) is 18.5. The molecule has 0 atom stereocenters. The van der Waals surface area contributed by atoms with Crippen LogP contribution in [0.15, 0.2) is 46.9 Å². The van der Waals surface area contributed by atoms with Gasteiger partial charge in [0.2, 0.25) is 0 Å². The molecular weight excluding hydrogens is 420 g/mol. The van der Waals surface area contributed by atoms with E-state index in [2.05, 4.69) is 21.2 Å². The first-order chi connectivity index (χ1) is 12.5. The summed E-state index contributed by atoms with van der Waals surface area (Å²) in [4.78, 5) is 26.5. The fourth-order valence-electron chi connectivity index (χ4n) is 2.86. The number of carbonyl (C=O) groups excluding carboxylic acids is 2. The van der Waals surface area contributed by atoms with Gasteiger partial charge in [-0.1, -0.05) is 39.7 Å². The van der Waals surface area contributed by atoms with Crippen molar-refractivity contribution in [3.05, 3.63) is 63.1 Å². The maximum atomic E-state index is 12.9. The number of hydrogen-bond acceptors (Lipinski definition) is 3. The van der Waals surface area contributed by atoms with Crippen LogP contribution in [0.1, 0.15) is 15.9 Å². The van der Waals surface area contributed by atoms with E-state index in [1.54, 1.807) is 42.5 Å². The van der Waals surface area contributed by atoms with E-state index < -0.39 is 0 Å². The molecule has 0 bridgehead atoms. The molecule has 0 saturated carbocycles. The van der Waals surface area contributed by atoms with E-state index in [9.17, 15) is 9.59 Å². The van der Waals surface area contributed by atoms with Gasteiger partial charge in [-0.3, -0.25) is 9.59 Å². The molecular formula is C19H19BrClN2O3+. The zero-order valence-electron chi connectivity index (χ0n) is 14.1. The number of rotatable bonds is 5. The third-order valence-corrected chi connectivity index (χ3v) is 5.05. The lowest BCUT2D eigenvalue weighted by Crippen LogP contribution is -3.15. The van der Waals surface area contributed by atoms with Gasteiger partial charge in [0.15, 0.2) is 12.3 Å².